The van der Waals surface area contributed by atoms with Gasteiger partial charge in [0, 0.05) is 18.5 Å². The van der Waals surface area contributed by atoms with Crippen LogP contribution in [0.4, 0.5) is 13.2 Å². The zero-order valence-corrected chi connectivity index (χ0v) is 23.1. The lowest BCUT2D eigenvalue weighted by atomic mass is 9.82. The van der Waals surface area contributed by atoms with Crippen molar-refractivity contribution < 1.29 is 23.1 Å². The maximum Gasteiger partial charge on any atom is 0.416 e. The van der Waals surface area contributed by atoms with E-state index in [1.807, 2.05) is 0 Å². The van der Waals surface area contributed by atoms with Crippen LogP contribution in [-0.2, 0) is 11.0 Å². The predicted molar refractivity (Wildman–Crippen MR) is 142 cm³/mol. The van der Waals surface area contributed by atoms with Crippen LogP contribution in [0.25, 0.3) is 0 Å². The van der Waals surface area contributed by atoms with Gasteiger partial charge in [0.1, 0.15) is 0 Å². The van der Waals surface area contributed by atoms with E-state index in [-0.39, 0.29) is 24.4 Å². The van der Waals surface area contributed by atoms with Gasteiger partial charge >= 0.3 is 12.1 Å². The quantitative estimate of drug-likeness (QED) is 0.346. The van der Waals surface area contributed by atoms with Crippen molar-refractivity contribution in [3.8, 4) is 0 Å². The fourth-order valence-electron chi connectivity index (χ4n) is 5.30. The minimum Gasteiger partial charge on any atom is -0.481 e. The Labute approximate surface area is 214 Å². The Bertz CT molecular complexity index is 997. The molecule has 3 atom stereocenters. The Morgan fingerprint density at radius 2 is 1.64 bits per heavy atom. The minimum atomic E-state index is -4.36. The Morgan fingerprint density at radius 1 is 1.03 bits per heavy atom. The Morgan fingerprint density at radius 3 is 2.14 bits per heavy atom. The van der Waals surface area contributed by atoms with Crippen molar-refractivity contribution in [3.63, 3.8) is 0 Å². The third-order valence-electron chi connectivity index (χ3n) is 7.42. The largest absolute Gasteiger partial charge is 0.481 e. The first-order chi connectivity index (χ1) is 16.8. The molecule has 1 heterocycles. The average molecular weight is 520 g/mol. The Kier molecular flexibility index (Phi) is 9.09. The molecule has 3 rings (SSSR count). The van der Waals surface area contributed by atoms with Gasteiger partial charge in [-0.15, -0.1) is 0 Å². The number of benzene rings is 2. The SMILES string of the molecule is CC(C)CC[C@H](c1ccc(C(F)(F)F)cc1)N1CC[C@@H](CC(=O)O)C[C@H]1c1ccc([Si](C)(C)C)cc1. The van der Waals surface area contributed by atoms with Crippen LogP contribution in [0.3, 0.4) is 0 Å². The van der Waals surface area contributed by atoms with E-state index >= 15 is 0 Å². The molecule has 0 aromatic heterocycles. The molecule has 2 aromatic rings. The van der Waals surface area contributed by atoms with Gasteiger partial charge < -0.3 is 5.11 Å². The number of halogens is 3. The van der Waals surface area contributed by atoms with Gasteiger partial charge in [0.2, 0.25) is 0 Å². The number of piperidine rings is 1. The van der Waals surface area contributed by atoms with Gasteiger partial charge in [0.25, 0.3) is 0 Å². The van der Waals surface area contributed by atoms with E-state index in [2.05, 4.69) is 62.7 Å². The molecular weight excluding hydrogens is 479 g/mol. The number of nitrogens with zero attached hydrogens (tertiary/aromatic N) is 1. The lowest BCUT2D eigenvalue weighted by Crippen LogP contribution is -2.41. The standard InChI is InChI=1S/C29H40F3NO2Si/c1-20(2)6-15-26(22-7-11-24(12-8-22)29(30,31)32)33-17-16-21(19-28(34)35)18-27(33)23-9-13-25(14-10-23)36(3,4)5/h7-14,20-21,26-27H,6,15-19H2,1-5H3,(H,34,35)/t21-,26-,27+/m1/s1. The van der Waals surface area contributed by atoms with E-state index in [9.17, 15) is 23.1 Å². The number of hydrogen-bond acceptors (Lipinski definition) is 2. The summed E-state index contributed by atoms with van der Waals surface area (Å²) in [4.78, 5) is 13.9. The van der Waals surface area contributed by atoms with Gasteiger partial charge in [-0.05, 0) is 67.3 Å². The van der Waals surface area contributed by atoms with Crippen LogP contribution in [0.15, 0.2) is 48.5 Å². The van der Waals surface area contributed by atoms with E-state index in [0.29, 0.717) is 5.92 Å². The molecule has 0 aliphatic carbocycles. The Balaban J connectivity index is 1.99. The van der Waals surface area contributed by atoms with Crippen LogP contribution in [-0.4, -0.2) is 30.6 Å². The lowest BCUT2D eigenvalue weighted by molar-refractivity contribution is -0.139. The fraction of sp³-hybridized carbons (Fsp3) is 0.552. The molecule has 0 amide bonds. The van der Waals surface area contributed by atoms with Crippen molar-refractivity contribution in [2.24, 2.45) is 11.8 Å². The van der Waals surface area contributed by atoms with Crippen LogP contribution in [0.2, 0.25) is 19.6 Å². The highest BCUT2D eigenvalue weighted by molar-refractivity contribution is 6.88. The third-order valence-corrected chi connectivity index (χ3v) is 9.48. The molecule has 1 aliphatic heterocycles. The zero-order chi connectivity index (χ0) is 26.7. The first kappa shape index (κ1) is 28.4. The fourth-order valence-corrected chi connectivity index (χ4v) is 6.47. The van der Waals surface area contributed by atoms with Gasteiger partial charge in [0.05, 0.1) is 13.6 Å². The first-order valence-corrected chi connectivity index (χ1v) is 16.5. The van der Waals surface area contributed by atoms with Crippen molar-refractivity contribution in [2.45, 2.75) is 83.9 Å². The molecule has 0 unspecified atom stereocenters. The van der Waals surface area contributed by atoms with E-state index in [1.54, 1.807) is 12.1 Å². The summed E-state index contributed by atoms with van der Waals surface area (Å²) in [6, 6.07) is 14.4. The molecule has 7 heteroatoms. The molecular formula is C29H40F3NO2Si. The molecule has 0 bridgehead atoms. The molecule has 1 N–H and O–H groups in total. The molecule has 0 radical (unpaired) electrons. The maximum absolute atomic E-state index is 13.2. The topological polar surface area (TPSA) is 40.5 Å². The van der Waals surface area contributed by atoms with E-state index < -0.39 is 25.8 Å². The third kappa shape index (κ3) is 7.45. The zero-order valence-electron chi connectivity index (χ0n) is 22.1. The van der Waals surface area contributed by atoms with Gasteiger partial charge in [-0.1, -0.05) is 75.1 Å². The number of carbonyl (C=O) groups is 1. The number of likely N-dealkylation sites (tertiary alicyclic amines) is 1. The molecule has 2 aromatic carbocycles. The van der Waals surface area contributed by atoms with E-state index in [4.69, 9.17) is 0 Å². The van der Waals surface area contributed by atoms with Crippen LogP contribution < -0.4 is 5.19 Å². The monoisotopic (exact) mass is 519 g/mol. The molecule has 1 aliphatic rings. The van der Waals surface area contributed by atoms with Crippen LogP contribution in [0.5, 0.6) is 0 Å². The number of carboxylic acid groups (broad SMARTS) is 1. The van der Waals surface area contributed by atoms with Crippen LogP contribution in [0.1, 0.15) is 74.7 Å². The number of alkyl halides is 3. The highest BCUT2D eigenvalue weighted by atomic mass is 28.3. The van der Waals surface area contributed by atoms with Crippen LogP contribution in [0, 0.1) is 11.8 Å². The molecule has 1 fully saturated rings. The predicted octanol–water partition coefficient (Wildman–Crippen LogP) is 7.66. The summed E-state index contributed by atoms with van der Waals surface area (Å²) in [7, 11) is -1.46. The summed E-state index contributed by atoms with van der Waals surface area (Å²) >= 11 is 0. The summed E-state index contributed by atoms with van der Waals surface area (Å²) in [5.74, 6) is -0.222. The molecule has 0 spiro atoms. The number of rotatable bonds is 9. The molecule has 36 heavy (non-hydrogen) atoms. The molecule has 198 valence electrons. The van der Waals surface area contributed by atoms with E-state index in [0.717, 1.165) is 43.4 Å². The van der Waals surface area contributed by atoms with Crippen molar-refractivity contribution in [1.82, 2.24) is 4.90 Å². The van der Waals surface area contributed by atoms with Crippen LogP contribution >= 0.6 is 0 Å². The Hall–Kier alpha value is -2.12. The normalized spacial score (nSPS) is 20.5. The second-order valence-corrected chi connectivity index (χ2v) is 16.8. The lowest BCUT2D eigenvalue weighted by Gasteiger charge is -2.44. The maximum atomic E-state index is 13.2. The van der Waals surface area contributed by atoms with Gasteiger partial charge in [0.15, 0.2) is 0 Å². The van der Waals surface area contributed by atoms with E-state index in [1.165, 1.54) is 17.3 Å². The summed E-state index contributed by atoms with van der Waals surface area (Å²) in [6.45, 7) is 12.0. The van der Waals surface area contributed by atoms with Crippen molar-refractivity contribution in [1.29, 1.82) is 0 Å². The highest BCUT2D eigenvalue weighted by Gasteiger charge is 2.36. The molecule has 0 saturated carbocycles. The number of carboxylic acids is 1. The summed E-state index contributed by atoms with van der Waals surface area (Å²) in [5.41, 5.74) is 1.42. The van der Waals surface area contributed by atoms with Gasteiger partial charge in [-0.2, -0.15) is 13.2 Å². The number of hydrogen-bond donors (Lipinski definition) is 1. The van der Waals surface area contributed by atoms with Gasteiger partial charge in [-0.3, -0.25) is 9.69 Å². The summed E-state index contributed by atoms with van der Waals surface area (Å²) in [6.07, 6.45) is -0.903. The van der Waals surface area contributed by atoms with Crippen molar-refractivity contribution in [2.75, 3.05) is 6.54 Å². The second kappa shape index (κ2) is 11.5. The summed E-state index contributed by atoms with van der Waals surface area (Å²) < 4.78 is 39.7. The van der Waals surface area contributed by atoms with Gasteiger partial charge in [-0.25, -0.2) is 0 Å². The summed E-state index contributed by atoms with van der Waals surface area (Å²) in [5, 5.41) is 10.8. The molecule has 3 nitrogen and oxygen atoms in total. The highest BCUT2D eigenvalue weighted by Crippen LogP contribution is 2.43. The van der Waals surface area contributed by atoms with Crippen molar-refractivity contribution >= 4 is 19.2 Å². The average Bonchev–Trinajstić information content (AvgIpc) is 2.78. The number of aliphatic carboxylic acids is 1. The minimum absolute atomic E-state index is 0.0258. The second-order valence-electron chi connectivity index (χ2n) is 11.7. The van der Waals surface area contributed by atoms with Crippen molar-refractivity contribution in [3.05, 3.63) is 65.2 Å². The molecule has 1 saturated heterocycles. The smallest absolute Gasteiger partial charge is 0.416 e. The first-order valence-electron chi connectivity index (χ1n) is 13.0.